The van der Waals surface area contributed by atoms with Crippen molar-refractivity contribution in [3.05, 3.63) is 58.4 Å². The molecule has 0 amide bonds. The second-order valence-corrected chi connectivity index (χ2v) is 11.6. The molecule has 3 aromatic heterocycles. The van der Waals surface area contributed by atoms with Gasteiger partial charge in [-0.1, -0.05) is 24.3 Å². The Morgan fingerprint density at radius 2 is 1.80 bits per heavy atom. The summed E-state index contributed by atoms with van der Waals surface area (Å²) in [6.45, 7) is 9.63. The number of hydrogen-bond acceptors (Lipinski definition) is 5. The van der Waals surface area contributed by atoms with Gasteiger partial charge in [-0.3, -0.25) is 4.79 Å². The first-order chi connectivity index (χ1) is 16.6. The van der Waals surface area contributed by atoms with E-state index < -0.39 is 11.7 Å². The number of ether oxygens (including phenoxy) is 1. The van der Waals surface area contributed by atoms with Crippen LogP contribution in [0.4, 0.5) is 0 Å². The smallest absolute Gasteiger partial charge is 0.163 e. The molecule has 0 radical (unpaired) electrons. The molecule has 5 nitrogen and oxygen atoms in total. The van der Waals surface area contributed by atoms with Gasteiger partial charge in [-0.15, -0.1) is 11.3 Å². The second-order valence-electron chi connectivity index (χ2n) is 10.5. The fourth-order valence-corrected chi connectivity index (χ4v) is 6.48. The molecule has 0 saturated heterocycles. The zero-order chi connectivity index (χ0) is 24.9. The van der Waals surface area contributed by atoms with Crippen LogP contribution in [0, 0.1) is 6.92 Å². The average molecular weight is 488 g/mol. The van der Waals surface area contributed by atoms with E-state index >= 15 is 0 Å². The van der Waals surface area contributed by atoms with Crippen molar-refractivity contribution in [2.24, 2.45) is 7.05 Å². The number of imidazole rings is 1. The molecule has 0 spiro atoms. The van der Waals surface area contributed by atoms with E-state index in [1.807, 2.05) is 63.0 Å². The SMILES string of the molecule is CC(=O)C(OC(C)(C)C)c1c(C)nc2sc3c(c2c1-c1ccc(-c2nccn2C)cc1)CCCC3. The van der Waals surface area contributed by atoms with E-state index in [4.69, 9.17) is 9.72 Å². The summed E-state index contributed by atoms with van der Waals surface area (Å²) in [5, 5.41) is 1.21. The topological polar surface area (TPSA) is 57.0 Å². The van der Waals surface area contributed by atoms with Gasteiger partial charge in [-0.05, 0) is 71.4 Å². The minimum absolute atomic E-state index is 0.000785. The molecule has 0 N–H and O–H groups in total. The van der Waals surface area contributed by atoms with Crippen molar-refractivity contribution in [1.82, 2.24) is 14.5 Å². The predicted octanol–water partition coefficient (Wildman–Crippen LogP) is 7.00. The number of nitrogens with zero attached hydrogens (tertiary/aromatic N) is 3. The number of thiophene rings is 1. The van der Waals surface area contributed by atoms with Crippen LogP contribution in [0.25, 0.3) is 32.7 Å². The van der Waals surface area contributed by atoms with Crippen LogP contribution in [0.15, 0.2) is 36.7 Å². The van der Waals surface area contributed by atoms with Gasteiger partial charge in [0.25, 0.3) is 0 Å². The minimum atomic E-state index is -0.671. The van der Waals surface area contributed by atoms with E-state index in [1.54, 1.807) is 6.92 Å². The maximum Gasteiger partial charge on any atom is 0.163 e. The van der Waals surface area contributed by atoms with Crippen molar-refractivity contribution in [3.63, 3.8) is 0 Å². The third kappa shape index (κ3) is 4.45. The Morgan fingerprint density at radius 3 is 2.43 bits per heavy atom. The number of ketones is 1. The van der Waals surface area contributed by atoms with Crippen molar-refractivity contribution in [2.75, 3.05) is 0 Å². The third-order valence-corrected chi connectivity index (χ3v) is 7.87. The summed E-state index contributed by atoms with van der Waals surface area (Å²) in [5.74, 6) is 0.928. The van der Waals surface area contributed by atoms with Crippen molar-refractivity contribution >= 4 is 27.3 Å². The molecule has 5 rings (SSSR count). The normalized spacial score (nSPS) is 14.8. The van der Waals surface area contributed by atoms with Gasteiger partial charge < -0.3 is 9.30 Å². The summed E-state index contributed by atoms with van der Waals surface area (Å²) in [7, 11) is 2.00. The number of Topliss-reactive ketones (excluding diaryl/α,β-unsaturated/α-hetero) is 1. The quantitative estimate of drug-likeness (QED) is 0.304. The summed E-state index contributed by atoms with van der Waals surface area (Å²) in [6, 6.07) is 8.55. The number of rotatable bonds is 5. The van der Waals surface area contributed by atoms with Crippen LogP contribution in [0.2, 0.25) is 0 Å². The summed E-state index contributed by atoms with van der Waals surface area (Å²) in [4.78, 5) is 25.1. The Bertz CT molecular complexity index is 1410. The molecule has 1 aliphatic rings. The number of carbonyl (C=O) groups is 1. The maximum atomic E-state index is 13.0. The molecule has 4 aromatic rings. The molecule has 1 atom stereocenters. The van der Waals surface area contributed by atoms with Crippen LogP contribution in [0.3, 0.4) is 0 Å². The lowest BCUT2D eigenvalue weighted by Crippen LogP contribution is -2.27. The first kappa shape index (κ1) is 23.9. The Morgan fingerprint density at radius 1 is 1.11 bits per heavy atom. The molecule has 1 aromatic carbocycles. The van der Waals surface area contributed by atoms with Gasteiger partial charge in [0.15, 0.2) is 5.78 Å². The summed E-state index contributed by atoms with van der Waals surface area (Å²) in [5.41, 5.74) is 5.95. The molecule has 1 aliphatic carbocycles. The van der Waals surface area contributed by atoms with E-state index in [0.29, 0.717) is 0 Å². The summed E-state index contributed by atoms with van der Waals surface area (Å²) < 4.78 is 8.42. The number of hydrogen-bond donors (Lipinski definition) is 0. The second kappa shape index (κ2) is 8.99. The van der Waals surface area contributed by atoms with Gasteiger partial charge in [0.1, 0.15) is 16.8 Å². The molecular weight excluding hydrogens is 454 g/mol. The first-order valence-electron chi connectivity index (χ1n) is 12.3. The Labute approximate surface area is 211 Å². The molecule has 3 heterocycles. The number of benzene rings is 1. The number of aromatic nitrogens is 3. The highest BCUT2D eigenvalue weighted by atomic mass is 32.1. The van der Waals surface area contributed by atoms with Gasteiger partial charge in [-0.2, -0.15) is 0 Å². The van der Waals surface area contributed by atoms with Crippen LogP contribution in [0.1, 0.15) is 68.3 Å². The van der Waals surface area contributed by atoms with E-state index in [2.05, 4.69) is 29.2 Å². The Kier molecular flexibility index (Phi) is 6.14. The van der Waals surface area contributed by atoms with Crippen molar-refractivity contribution < 1.29 is 9.53 Å². The molecule has 0 aliphatic heterocycles. The minimum Gasteiger partial charge on any atom is -0.360 e. The van der Waals surface area contributed by atoms with Gasteiger partial charge >= 0.3 is 0 Å². The van der Waals surface area contributed by atoms with E-state index in [1.165, 1.54) is 28.7 Å². The first-order valence-corrected chi connectivity index (χ1v) is 13.2. The zero-order valence-corrected chi connectivity index (χ0v) is 22.3. The Balaban J connectivity index is 1.78. The van der Waals surface area contributed by atoms with Gasteiger partial charge in [0, 0.05) is 52.1 Å². The standard InChI is InChI=1S/C29H33N3O2S/c1-17-23(26(18(2)33)34-29(3,4)5)24(25-21-9-7-8-10-22(21)35-28(25)31-17)19-11-13-20(14-12-19)27-30-15-16-32(27)6/h11-16,26H,7-10H2,1-6H3. The predicted molar refractivity (Wildman–Crippen MR) is 143 cm³/mol. The highest BCUT2D eigenvalue weighted by molar-refractivity contribution is 7.19. The number of carbonyl (C=O) groups excluding carboxylic acids is 1. The van der Waals surface area contributed by atoms with Gasteiger partial charge in [0.05, 0.1) is 5.60 Å². The molecule has 182 valence electrons. The van der Waals surface area contributed by atoms with Crippen molar-refractivity contribution in [2.45, 2.75) is 72.0 Å². The molecule has 1 unspecified atom stereocenters. The van der Waals surface area contributed by atoms with E-state index in [-0.39, 0.29) is 5.78 Å². The van der Waals surface area contributed by atoms with Crippen molar-refractivity contribution in [3.8, 4) is 22.5 Å². The Hall–Kier alpha value is -2.83. The lowest BCUT2D eigenvalue weighted by Gasteiger charge is -2.29. The van der Waals surface area contributed by atoms with Crippen LogP contribution in [-0.4, -0.2) is 25.9 Å². The molecule has 0 fully saturated rings. The number of aryl methyl sites for hydroxylation is 4. The number of pyridine rings is 1. The van der Waals surface area contributed by atoms with Gasteiger partial charge in [0.2, 0.25) is 0 Å². The van der Waals surface area contributed by atoms with E-state index in [0.717, 1.165) is 51.4 Å². The van der Waals surface area contributed by atoms with Crippen LogP contribution >= 0.6 is 11.3 Å². The van der Waals surface area contributed by atoms with Crippen LogP contribution < -0.4 is 0 Å². The average Bonchev–Trinajstić information content (AvgIpc) is 3.39. The van der Waals surface area contributed by atoms with Crippen molar-refractivity contribution in [1.29, 1.82) is 0 Å². The maximum absolute atomic E-state index is 13.0. The fraction of sp³-hybridized carbons (Fsp3) is 0.414. The van der Waals surface area contributed by atoms with Crippen LogP contribution in [0.5, 0.6) is 0 Å². The largest absolute Gasteiger partial charge is 0.360 e. The highest BCUT2D eigenvalue weighted by Crippen LogP contribution is 2.46. The summed E-state index contributed by atoms with van der Waals surface area (Å²) >= 11 is 1.82. The van der Waals surface area contributed by atoms with Crippen LogP contribution in [-0.2, 0) is 29.4 Å². The number of fused-ring (bicyclic) bond motifs is 3. The lowest BCUT2D eigenvalue weighted by atomic mass is 9.87. The zero-order valence-electron chi connectivity index (χ0n) is 21.4. The molecule has 0 saturated carbocycles. The third-order valence-electron chi connectivity index (χ3n) is 6.69. The lowest BCUT2D eigenvalue weighted by molar-refractivity contribution is -0.138. The molecular formula is C29H33N3O2S. The molecule has 6 heteroatoms. The highest BCUT2D eigenvalue weighted by Gasteiger charge is 2.32. The van der Waals surface area contributed by atoms with E-state index in [9.17, 15) is 4.79 Å². The molecule has 35 heavy (non-hydrogen) atoms. The fourth-order valence-electron chi connectivity index (χ4n) is 5.17. The molecule has 0 bridgehead atoms. The monoisotopic (exact) mass is 487 g/mol. The van der Waals surface area contributed by atoms with Gasteiger partial charge in [-0.25, -0.2) is 9.97 Å². The summed E-state index contributed by atoms with van der Waals surface area (Å²) in [6.07, 6.45) is 7.68.